The van der Waals surface area contributed by atoms with Gasteiger partial charge in [0.25, 0.3) is 0 Å². The molecule has 0 bridgehead atoms. The van der Waals surface area contributed by atoms with Gasteiger partial charge >= 0.3 is 0 Å². The highest BCUT2D eigenvalue weighted by Gasteiger charge is 2.28. The molecule has 1 aromatic carbocycles. The minimum absolute atomic E-state index is 0.0367. The molecule has 1 aromatic rings. The lowest BCUT2D eigenvalue weighted by Gasteiger charge is -2.40. The first-order chi connectivity index (χ1) is 10.5. The van der Waals surface area contributed by atoms with Crippen molar-refractivity contribution in [3.63, 3.8) is 0 Å². The zero-order chi connectivity index (χ0) is 16.0. The molecule has 0 saturated carbocycles. The smallest absolute Gasteiger partial charge is 0.224 e. The molecule has 0 spiro atoms. The van der Waals surface area contributed by atoms with E-state index in [0.717, 1.165) is 37.6 Å². The van der Waals surface area contributed by atoms with E-state index >= 15 is 0 Å². The highest BCUT2D eigenvalue weighted by molar-refractivity contribution is 5.78. The van der Waals surface area contributed by atoms with Gasteiger partial charge < -0.3 is 14.8 Å². The summed E-state index contributed by atoms with van der Waals surface area (Å²) in [5.41, 5.74) is 0.898. The van der Waals surface area contributed by atoms with E-state index in [1.165, 1.54) is 0 Å². The van der Waals surface area contributed by atoms with Crippen LogP contribution in [0.4, 0.5) is 0 Å². The van der Waals surface area contributed by atoms with Crippen LogP contribution >= 0.6 is 0 Å². The Balaban J connectivity index is 1.83. The number of methoxy groups -OCH3 is 1. The molecule has 0 aliphatic carbocycles. The number of rotatable bonds is 6. The van der Waals surface area contributed by atoms with Crippen LogP contribution in [0.5, 0.6) is 5.75 Å². The van der Waals surface area contributed by atoms with Crippen molar-refractivity contribution in [1.82, 2.24) is 10.2 Å². The highest BCUT2D eigenvalue weighted by Crippen LogP contribution is 2.16. The third-order valence-electron chi connectivity index (χ3n) is 4.08. The Morgan fingerprint density at radius 1 is 1.36 bits per heavy atom. The maximum absolute atomic E-state index is 12.1. The maximum atomic E-state index is 12.1. The number of hydrogen-bond donors (Lipinski definition) is 1. The maximum Gasteiger partial charge on any atom is 0.224 e. The second-order valence-corrected chi connectivity index (χ2v) is 6.22. The molecular weight excluding hydrogens is 280 g/mol. The van der Waals surface area contributed by atoms with Crippen molar-refractivity contribution in [2.75, 3.05) is 40.0 Å². The third-order valence-corrected chi connectivity index (χ3v) is 4.08. The first-order valence-electron chi connectivity index (χ1n) is 7.74. The van der Waals surface area contributed by atoms with Crippen LogP contribution in [-0.4, -0.2) is 56.3 Å². The molecule has 1 fully saturated rings. The van der Waals surface area contributed by atoms with Gasteiger partial charge in [0.1, 0.15) is 5.75 Å². The van der Waals surface area contributed by atoms with Crippen LogP contribution in [0.3, 0.4) is 0 Å². The molecule has 0 atom stereocenters. The van der Waals surface area contributed by atoms with Gasteiger partial charge in [0.2, 0.25) is 5.91 Å². The Bertz CT molecular complexity index is 496. The molecule has 0 radical (unpaired) electrons. The van der Waals surface area contributed by atoms with Gasteiger partial charge in [-0.05, 0) is 31.5 Å². The lowest BCUT2D eigenvalue weighted by atomic mass is 10.0. The number of nitrogens with one attached hydrogen (secondary N) is 1. The molecule has 2 rings (SSSR count). The first kappa shape index (κ1) is 16.8. The number of morpholine rings is 1. The minimum Gasteiger partial charge on any atom is -0.497 e. The Morgan fingerprint density at radius 3 is 2.77 bits per heavy atom. The molecule has 1 heterocycles. The van der Waals surface area contributed by atoms with Crippen molar-refractivity contribution >= 4 is 5.91 Å². The van der Waals surface area contributed by atoms with Crippen LogP contribution in [0.15, 0.2) is 24.3 Å². The van der Waals surface area contributed by atoms with Gasteiger partial charge in [-0.25, -0.2) is 0 Å². The van der Waals surface area contributed by atoms with Crippen LogP contribution in [0, 0.1) is 0 Å². The van der Waals surface area contributed by atoms with E-state index in [2.05, 4.69) is 24.1 Å². The van der Waals surface area contributed by atoms with Crippen LogP contribution in [0.2, 0.25) is 0 Å². The molecule has 0 unspecified atom stereocenters. The zero-order valence-electron chi connectivity index (χ0n) is 13.7. The second kappa shape index (κ2) is 7.61. The largest absolute Gasteiger partial charge is 0.497 e. The number of nitrogens with zero attached hydrogens (tertiary/aromatic N) is 1. The summed E-state index contributed by atoms with van der Waals surface area (Å²) in [6, 6.07) is 7.62. The Labute approximate surface area is 132 Å². The monoisotopic (exact) mass is 306 g/mol. The van der Waals surface area contributed by atoms with Crippen LogP contribution in [0.1, 0.15) is 19.4 Å². The summed E-state index contributed by atoms with van der Waals surface area (Å²) >= 11 is 0. The zero-order valence-corrected chi connectivity index (χ0v) is 13.7. The molecule has 1 N–H and O–H groups in total. The second-order valence-electron chi connectivity index (χ2n) is 6.22. The third kappa shape index (κ3) is 4.71. The Morgan fingerprint density at radius 2 is 2.09 bits per heavy atom. The van der Waals surface area contributed by atoms with Crippen molar-refractivity contribution in [2.24, 2.45) is 0 Å². The average Bonchev–Trinajstić information content (AvgIpc) is 2.54. The fourth-order valence-corrected chi connectivity index (χ4v) is 2.63. The van der Waals surface area contributed by atoms with Gasteiger partial charge in [-0.1, -0.05) is 12.1 Å². The van der Waals surface area contributed by atoms with Crippen LogP contribution in [0.25, 0.3) is 0 Å². The fourth-order valence-electron chi connectivity index (χ4n) is 2.63. The average molecular weight is 306 g/mol. The predicted molar refractivity (Wildman–Crippen MR) is 86.2 cm³/mol. The number of carbonyl (C=O) groups excluding carboxylic acids is 1. The van der Waals surface area contributed by atoms with E-state index < -0.39 is 0 Å². The lowest BCUT2D eigenvalue weighted by Crippen LogP contribution is -2.55. The molecule has 0 aromatic heterocycles. The summed E-state index contributed by atoms with van der Waals surface area (Å²) in [7, 11) is 1.63. The quantitative estimate of drug-likeness (QED) is 0.864. The molecule has 1 aliphatic heterocycles. The highest BCUT2D eigenvalue weighted by atomic mass is 16.5. The summed E-state index contributed by atoms with van der Waals surface area (Å²) in [4.78, 5) is 14.5. The van der Waals surface area contributed by atoms with Gasteiger partial charge in [0, 0.05) is 25.2 Å². The molecule has 5 nitrogen and oxygen atoms in total. The van der Waals surface area contributed by atoms with Crippen molar-refractivity contribution in [1.29, 1.82) is 0 Å². The molecule has 5 heteroatoms. The Hall–Kier alpha value is -1.59. The number of ether oxygens (including phenoxy) is 2. The van der Waals surface area contributed by atoms with Gasteiger partial charge in [-0.2, -0.15) is 0 Å². The van der Waals surface area contributed by atoms with Crippen LogP contribution < -0.4 is 10.1 Å². The van der Waals surface area contributed by atoms with E-state index in [1.807, 2.05) is 24.3 Å². The number of carbonyl (C=O) groups is 1. The van der Waals surface area contributed by atoms with E-state index in [9.17, 15) is 4.79 Å². The molecular formula is C17H26N2O3. The van der Waals surface area contributed by atoms with Crippen molar-refractivity contribution < 1.29 is 14.3 Å². The van der Waals surface area contributed by atoms with Gasteiger partial charge in [-0.15, -0.1) is 0 Å². The predicted octanol–water partition coefficient (Wildman–Crippen LogP) is 1.46. The summed E-state index contributed by atoms with van der Waals surface area (Å²) in [6.45, 7) is 8.31. The normalized spacial score (nSPS) is 16.3. The van der Waals surface area contributed by atoms with Gasteiger partial charge in [-0.3, -0.25) is 9.69 Å². The summed E-state index contributed by atoms with van der Waals surface area (Å²) in [5, 5.41) is 3.04. The van der Waals surface area contributed by atoms with E-state index in [1.54, 1.807) is 7.11 Å². The molecule has 1 saturated heterocycles. The van der Waals surface area contributed by atoms with E-state index in [0.29, 0.717) is 13.0 Å². The Kier molecular flexibility index (Phi) is 5.80. The van der Waals surface area contributed by atoms with E-state index in [-0.39, 0.29) is 11.4 Å². The first-order valence-corrected chi connectivity index (χ1v) is 7.74. The lowest BCUT2D eigenvalue weighted by molar-refractivity contribution is -0.121. The van der Waals surface area contributed by atoms with E-state index in [4.69, 9.17) is 9.47 Å². The van der Waals surface area contributed by atoms with Gasteiger partial charge in [0.05, 0.1) is 26.7 Å². The van der Waals surface area contributed by atoms with Crippen molar-refractivity contribution in [3.05, 3.63) is 29.8 Å². The fraction of sp³-hybridized carbons (Fsp3) is 0.588. The minimum atomic E-state index is -0.0617. The molecule has 22 heavy (non-hydrogen) atoms. The van der Waals surface area contributed by atoms with Crippen molar-refractivity contribution in [2.45, 2.75) is 25.8 Å². The molecule has 122 valence electrons. The summed E-state index contributed by atoms with van der Waals surface area (Å²) in [6.07, 6.45) is 0.371. The number of hydrogen-bond acceptors (Lipinski definition) is 4. The molecule has 1 aliphatic rings. The summed E-state index contributed by atoms with van der Waals surface area (Å²) < 4.78 is 10.6. The molecule has 1 amide bonds. The SMILES string of the molecule is COc1cccc(CC(=O)NCC(C)(C)N2CCOCC2)c1. The number of benzene rings is 1. The van der Waals surface area contributed by atoms with Gasteiger partial charge in [0.15, 0.2) is 0 Å². The van der Waals surface area contributed by atoms with Crippen LogP contribution in [-0.2, 0) is 16.0 Å². The summed E-state index contributed by atoms with van der Waals surface area (Å²) in [5.74, 6) is 0.813. The standard InChI is InChI=1S/C17H26N2O3/c1-17(2,19-7-9-22-10-8-19)13-18-16(20)12-14-5-4-6-15(11-14)21-3/h4-6,11H,7-10,12-13H2,1-3H3,(H,18,20). The van der Waals surface area contributed by atoms with Crippen molar-refractivity contribution in [3.8, 4) is 5.75 Å². The number of amides is 1. The topological polar surface area (TPSA) is 50.8 Å².